The molecule has 21 heavy (non-hydrogen) atoms. The van der Waals surface area contributed by atoms with Crippen LogP contribution in [0.25, 0.3) is 0 Å². The van der Waals surface area contributed by atoms with Crippen LogP contribution in [0.2, 0.25) is 0 Å². The summed E-state index contributed by atoms with van der Waals surface area (Å²) >= 11 is 0. The van der Waals surface area contributed by atoms with E-state index in [0.29, 0.717) is 11.1 Å². The number of halogens is 1. The van der Waals surface area contributed by atoms with Gasteiger partial charge >= 0.3 is 0 Å². The smallest absolute Gasteiger partial charge is 0.165 e. The van der Waals surface area contributed by atoms with Gasteiger partial charge in [-0.15, -0.1) is 0 Å². The average Bonchev–Trinajstić information content (AvgIpc) is 2.47. The van der Waals surface area contributed by atoms with Crippen molar-refractivity contribution in [3.8, 4) is 11.5 Å². The van der Waals surface area contributed by atoms with Gasteiger partial charge in [-0.25, -0.2) is 4.39 Å². The summed E-state index contributed by atoms with van der Waals surface area (Å²) in [5, 5.41) is 10.4. The number of hydrogen-bond acceptors (Lipinski definition) is 3. The van der Waals surface area contributed by atoms with Crippen LogP contribution in [0.3, 0.4) is 0 Å². The van der Waals surface area contributed by atoms with Crippen LogP contribution in [0.15, 0.2) is 42.5 Å². The lowest BCUT2D eigenvalue weighted by molar-refractivity contribution is 0.218. The fourth-order valence-corrected chi connectivity index (χ4v) is 2.04. The molecule has 0 fully saturated rings. The monoisotopic (exact) mass is 290 g/mol. The second-order valence-corrected chi connectivity index (χ2v) is 5.03. The van der Waals surface area contributed by atoms with E-state index < -0.39 is 11.9 Å². The summed E-state index contributed by atoms with van der Waals surface area (Å²) in [5.74, 6) is 0.415. The highest BCUT2D eigenvalue weighted by Crippen LogP contribution is 2.28. The molecule has 2 aromatic carbocycles. The standard InChI is InChI=1S/C17H19FO3/c1-11(2)21-14-7-4-12(5-8-14)17(19)13-6-9-15(18)16(10-13)20-3/h4-11,17,19H,1-3H3. The lowest BCUT2D eigenvalue weighted by Gasteiger charge is -2.14. The molecule has 1 unspecified atom stereocenters. The van der Waals surface area contributed by atoms with Gasteiger partial charge in [0.1, 0.15) is 11.9 Å². The second-order valence-electron chi connectivity index (χ2n) is 5.03. The van der Waals surface area contributed by atoms with Crippen LogP contribution in [0.5, 0.6) is 11.5 Å². The third-order valence-corrected chi connectivity index (χ3v) is 3.06. The number of ether oxygens (including phenoxy) is 2. The minimum Gasteiger partial charge on any atom is -0.494 e. The highest BCUT2D eigenvalue weighted by molar-refractivity contribution is 5.38. The van der Waals surface area contributed by atoms with Crippen molar-refractivity contribution in [2.45, 2.75) is 26.1 Å². The normalized spacial score (nSPS) is 12.3. The molecule has 3 nitrogen and oxygen atoms in total. The van der Waals surface area contributed by atoms with Crippen LogP contribution in [0.1, 0.15) is 31.1 Å². The number of aliphatic hydroxyl groups is 1. The van der Waals surface area contributed by atoms with Gasteiger partial charge in [0.05, 0.1) is 13.2 Å². The summed E-state index contributed by atoms with van der Waals surface area (Å²) in [6.45, 7) is 3.90. The minimum absolute atomic E-state index is 0.0992. The number of aliphatic hydroxyl groups excluding tert-OH is 1. The predicted octanol–water partition coefficient (Wildman–Crippen LogP) is 3.70. The Bertz CT molecular complexity index is 593. The molecule has 0 aliphatic carbocycles. The molecule has 0 aliphatic heterocycles. The molecule has 0 bridgehead atoms. The Hall–Kier alpha value is -2.07. The van der Waals surface area contributed by atoms with Gasteiger partial charge in [-0.2, -0.15) is 0 Å². The largest absolute Gasteiger partial charge is 0.494 e. The maximum Gasteiger partial charge on any atom is 0.165 e. The molecular weight excluding hydrogens is 271 g/mol. The van der Waals surface area contributed by atoms with Crippen molar-refractivity contribution in [1.29, 1.82) is 0 Å². The Morgan fingerprint density at radius 3 is 2.19 bits per heavy atom. The van der Waals surface area contributed by atoms with Gasteiger partial charge in [0.25, 0.3) is 0 Å². The Kier molecular flexibility index (Phi) is 4.81. The summed E-state index contributed by atoms with van der Waals surface area (Å²) in [7, 11) is 1.40. The third-order valence-electron chi connectivity index (χ3n) is 3.06. The summed E-state index contributed by atoms with van der Waals surface area (Å²) in [6, 6.07) is 11.5. The van der Waals surface area contributed by atoms with E-state index in [-0.39, 0.29) is 11.9 Å². The first-order chi connectivity index (χ1) is 10.0. The van der Waals surface area contributed by atoms with E-state index in [1.165, 1.54) is 19.2 Å². The van der Waals surface area contributed by atoms with E-state index >= 15 is 0 Å². The van der Waals surface area contributed by atoms with E-state index in [0.717, 1.165) is 5.75 Å². The topological polar surface area (TPSA) is 38.7 Å². The van der Waals surface area contributed by atoms with Crippen molar-refractivity contribution < 1.29 is 19.0 Å². The lowest BCUT2D eigenvalue weighted by atomic mass is 10.0. The fraction of sp³-hybridized carbons (Fsp3) is 0.294. The minimum atomic E-state index is -0.840. The van der Waals surface area contributed by atoms with Gasteiger partial charge in [0, 0.05) is 0 Å². The van der Waals surface area contributed by atoms with Crippen molar-refractivity contribution in [1.82, 2.24) is 0 Å². The fourth-order valence-electron chi connectivity index (χ4n) is 2.04. The molecule has 0 aromatic heterocycles. The van der Waals surface area contributed by atoms with Crippen molar-refractivity contribution >= 4 is 0 Å². The van der Waals surface area contributed by atoms with Crippen LogP contribution >= 0.6 is 0 Å². The van der Waals surface area contributed by atoms with Crippen molar-refractivity contribution in [2.75, 3.05) is 7.11 Å². The van der Waals surface area contributed by atoms with Gasteiger partial charge < -0.3 is 14.6 Å². The maximum atomic E-state index is 13.4. The Morgan fingerprint density at radius 1 is 1.00 bits per heavy atom. The first-order valence-corrected chi connectivity index (χ1v) is 6.79. The Labute approximate surface area is 124 Å². The molecule has 0 heterocycles. The van der Waals surface area contributed by atoms with Crippen LogP contribution < -0.4 is 9.47 Å². The van der Waals surface area contributed by atoms with E-state index in [9.17, 15) is 9.50 Å². The highest BCUT2D eigenvalue weighted by atomic mass is 19.1. The predicted molar refractivity (Wildman–Crippen MR) is 79.2 cm³/mol. The van der Waals surface area contributed by atoms with Crippen molar-refractivity contribution in [3.63, 3.8) is 0 Å². The van der Waals surface area contributed by atoms with Crippen molar-refractivity contribution in [3.05, 3.63) is 59.4 Å². The summed E-state index contributed by atoms with van der Waals surface area (Å²) in [4.78, 5) is 0. The molecule has 0 amide bonds. The molecule has 2 aromatic rings. The van der Waals surface area contributed by atoms with Gasteiger partial charge in [-0.05, 0) is 49.2 Å². The first kappa shape index (κ1) is 15.3. The SMILES string of the molecule is COc1cc(C(O)c2ccc(OC(C)C)cc2)ccc1F. The molecule has 2 rings (SSSR count). The van der Waals surface area contributed by atoms with E-state index in [1.54, 1.807) is 30.3 Å². The highest BCUT2D eigenvalue weighted by Gasteiger charge is 2.13. The van der Waals surface area contributed by atoms with E-state index in [4.69, 9.17) is 9.47 Å². The Balaban J connectivity index is 2.21. The zero-order chi connectivity index (χ0) is 15.4. The molecule has 4 heteroatoms. The van der Waals surface area contributed by atoms with Crippen LogP contribution in [0.4, 0.5) is 4.39 Å². The number of hydrogen-bond donors (Lipinski definition) is 1. The van der Waals surface area contributed by atoms with Gasteiger partial charge in [-0.1, -0.05) is 18.2 Å². The number of rotatable bonds is 5. The van der Waals surface area contributed by atoms with E-state index in [2.05, 4.69) is 0 Å². The van der Waals surface area contributed by atoms with Crippen molar-refractivity contribution in [2.24, 2.45) is 0 Å². The average molecular weight is 290 g/mol. The zero-order valence-electron chi connectivity index (χ0n) is 12.3. The van der Waals surface area contributed by atoms with Crippen LogP contribution in [0, 0.1) is 5.82 Å². The summed E-state index contributed by atoms with van der Waals surface area (Å²) in [5.41, 5.74) is 1.28. The second kappa shape index (κ2) is 6.59. The number of methoxy groups -OCH3 is 1. The van der Waals surface area contributed by atoms with Crippen LogP contribution in [-0.2, 0) is 0 Å². The van der Waals surface area contributed by atoms with Crippen LogP contribution in [-0.4, -0.2) is 18.3 Å². The van der Waals surface area contributed by atoms with Gasteiger partial charge in [0.2, 0.25) is 0 Å². The molecular formula is C17H19FO3. The molecule has 1 atom stereocenters. The third kappa shape index (κ3) is 3.73. The molecule has 0 saturated carbocycles. The first-order valence-electron chi connectivity index (χ1n) is 6.79. The Morgan fingerprint density at radius 2 is 1.62 bits per heavy atom. The molecule has 0 aliphatic rings. The lowest BCUT2D eigenvalue weighted by Crippen LogP contribution is -2.06. The molecule has 112 valence electrons. The van der Waals surface area contributed by atoms with Gasteiger partial charge in [-0.3, -0.25) is 0 Å². The van der Waals surface area contributed by atoms with Gasteiger partial charge in [0.15, 0.2) is 11.6 Å². The zero-order valence-corrected chi connectivity index (χ0v) is 12.3. The quantitative estimate of drug-likeness (QED) is 0.912. The summed E-state index contributed by atoms with van der Waals surface area (Å²) in [6.07, 6.45) is -0.741. The number of benzene rings is 2. The molecule has 0 spiro atoms. The summed E-state index contributed by atoms with van der Waals surface area (Å²) < 4.78 is 23.9. The molecule has 1 N–H and O–H groups in total. The molecule has 0 radical (unpaired) electrons. The van der Waals surface area contributed by atoms with E-state index in [1.807, 2.05) is 13.8 Å². The molecule has 0 saturated heterocycles. The maximum absolute atomic E-state index is 13.4.